The van der Waals surface area contributed by atoms with Gasteiger partial charge in [-0.05, 0) is 38.1 Å². The van der Waals surface area contributed by atoms with E-state index in [-0.39, 0.29) is 11.6 Å². The van der Waals surface area contributed by atoms with E-state index in [2.05, 4.69) is 15.6 Å². The van der Waals surface area contributed by atoms with E-state index in [4.69, 9.17) is 0 Å². The van der Waals surface area contributed by atoms with Crippen LogP contribution in [0.5, 0.6) is 0 Å². The summed E-state index contributed by atoms with van der Waals surface area (Å²) >= 11 is 0. The molecule has 1 aromatic heterocycles. The Morgan fingerprint density at radius 3 is 2.79 bits per heavy atom. The number of carbonyl (C=O) groups excluding carboxylic acids is 1. The summed E-state index contributed by atoms with van der Waals surface area (Å²) < 4.78 is 1.74. The zero-order valence-corrected chi connectivity index (χ0v) is 13.2. The molecule has 0 aliphatic rings. The van der Waals surface area contributed by atoms with E-state index in [1.165, 1.54) is 6.07 Å². The van der Waals surface area contributed by atoms with Gasteiger partial charge in [0.2, 0.25) is 0 Å². The minimum atomic E-state index is -0.472. The third-order valence-corrected chi connectivity index (χ3v) is 3.74. The first-order valence-electron chi connectivity index (χ1n) is 7.39. The van der Waals surface area contributed by atoms with Crippen LogP contribution in [0.25, 0.3) is 11.0 Å². The van der Waals surface area contributed by atoms with Crippen molar-refractivity contribution in [3.05, 3.63) is 57.6 Å². The number of nitro benzene ring substituents is 1. The smallest absolute Gasteiger partial charge is 0.274 e. The molecule has 0 aliphatic carbocycles. The van der Waals surface area contributed by atoms with Crippen LogP contribution in [0.1, 0.15) is 22.8 Å². The number of hydrogen-bond donors (Lipinski definition) is 1. The average Bonchev–Trinajstić information content (AvgIpc) is 2.98. The molecule has 0 saturated heterocycles. The van der Waals surface area contributed by atoms with Gasteiger partial charge >= 0.3 is 0 Å². The molecule has 1 amide bonds. The molecule has 1 N–H and O–H groups in total. The van der Waals surface area contributed by atoms with Crippen molar-refractivity contribution in [2.45, 2.75) is 20.4 Å². The molecule has 0 bridgehead atoms. The number of aromatic nitrogens is 3. The maximum Gasteiger partial charge on any atom is 0.274 e. The van der Waals surface area contributed by atoms with Crippen LogP contribution in [-0.2, 0) is 6.54 Å². The van der Waals surface area contributed by atoms with Crippen molar-refractivity contribution in [3.8, 4) is 0 Å². The first-order valence-corrected chi connectivity index (χ1v) is 7.39. The van der Waals surface area contributed by atoms with Gasteiger partial charge in [0.05, 0.1) is 10.4 Å². The monoisotopic (exact) mass is 325 g/mol. The van der Waals surface area contributed by atoms with E-state index in [1.54, 1.807) is 41.9 Å². The van der Waals surface area contributed by atoms with E-state index in [9.17, 15) is 14.9 Å². The van der Waals surface area contributed by atoms with E-state index in [0.717, 1.165) is 5.52 Å². The molecule has 0 fully saturated rings. The zero-order valence-electron chi connectivity index (χ0n) is 13.2. The molecule has 0 radical (unpaired) electrons. The maximum absolute atomic E-state index is 12.4. The summed E-state index contributed by atoms with van der Waals surface area (Å²) in [5.74, 6) is -0.360. The normalized spacial score (nSPS) is 10.8. The van der Waals surface area contributed by atoms with E-state index in [1.807, 2.05) is 6.92 Å². The average molecular weight is 325 g/mol. The quantitative estimate of drug-likeness (QED) is 0.587. The number of anilines is 1. The Morgan fingerprint density at radius 1 is 1.29 bits per heavy atom. The van der Waals surface area contributed by atoms with Gasteiger partial charge in [-0.3, -0.25) is 14.9 Å². The predicted molar refractivity (Wildman–Crippen MR) is 89.0 cm³/mol. The summed E-state index contributed by atoms with van der Waals surface area (Å²) in [4.78, 5) is 22.9. The van der Waals surface area contributed by atoms with Crippen molar-refractivity contribution in [2.75, 3.05) is 5.32 Å². The summed E-state index contributed by atoms with van der Waals surface area (Å²) in [6.07, 6.45) is 0. The Hall–Kier alpha value is -3.29. The van der Waals surface area contributed by atoms with Gasteiger partial charge in [0.15, 0.2) is 0 Å². The van der Waals surface area contributed by atoms with E-state index < -0.39 is 4.92 Å². The first-order chi connectivity index (χ1) is 11.5. The lowest BCUT2D eigenvalue weighted by Gasteiger charge is -2.06. The summed E-state index contributed by atoms with van der Waals surface area (Å²) in [5.41, 5.74) is 2.76. The Morgan fingerprint density at radius 2 is 2.08 bits per heavy atom. The molecule has 122 valence electrons. The fraction of sp³-hybridized carbons (Fsp3) is 0.188. The number of hydrogen-bond acceptors (Lipinski definition) is 5. The van der Waals surface area contributed by atoms with Gasteiger partial charge < -0.3 is 5.32 Å². The minimum absolute atomic E-state index is 0.0332. The number of amides is 1. The molecule has 1 heterocycles. The lowest BCUT2D eigenvalue weighted by atomic mass is 10.1. The highest BCUT2D eigenvalue weighted by Gasteiger charge is 2.14. The van der Waals surface area contributed by atoms with Gasteiger partial charge in [-0.25, -0.2) is 4.68 Å². The molecule has 0 saturated carbocycles. The molecule has 0 aliphatic heterocycles. The van der Waals surface area contributed by atoms with Crippen LogP contribution in [0.3, 0.4) is 0 Å². The fourth-order valence-electron chi connectivity index (χ4n) is 2.43. The van der Waals surface area contributed by atoms with E-state index in [0.29, 0.717) is 28.9 Å². The van der Waals surface area contributed by atoms with Crippen molar-refractivity contribution < 1.29 is 9.72 Å². The largest absolute Gasteiger partial charge is 0.322 e. The number of rotatable bonds is 4. The van der Waals surface area contributed by atoms with Gasteiger partial charge in [-0.2, -0.15) is 0 Å². The molecule has 24 heavy (non-hydrogen) atoms. The van der Waals surface area contributed by atoms with Crippen molar-refractivity contribution in [1.82, 2.24) is 15.0 Å². The Balaban J connectivity index is 1.87. The van der Waals surface area contributed by atoms with Crippen molar-refractivity contribution in [3.63, 3.8) is 0 Å². The first kappa shape index (κ1) is 15.6. The number of fused-ring (bicyclic) bond motifs is 1. The lowest BCUT2D eigenvalue weighted by Crippen LogP contribution is -2.12. The SMILES string of the molecule is CCn1nnc2cc(C(=O)Nc3ccc(C)c([N+](=O)[O-])c3)ccc21. The lowest BCUT2D eigenvalue weighted by molar-refractivity contribution is -0.385. The van der Waals surface area contributed by atoms with Crippen LogP contribution in [0.15, 0.2) is 36.4 Å². The molecule has 0 atom stereocenters. The number of nitro groups is 1. The van der Waals surface area contributed by atoms with Gasteiger partial charge in [0.25, 0.3) is 11.6 Å². The zero-order chi connectivity index (χ0) is 17.3. The van der Waals surface area contributed by atoms with Crippen LogP contribution in [0, 0.1) is 17.0 Å². The van der Waals surface area contributed by atoms with E-state index >= 15 is 0 Å². The predicted octanol–water partition coefficient (Wildman–Crippen LogP) is 2.92. The van der Waals surface area contributed by atoms with Gasteiger partial charge in [0, 0.05) is 29.4 Å². The summed E-state index contributed by atoms with van der Waals surface area (Å²) in [6, 6.07) is 9.68. The number of nitrogens with zero attached hydrogens (tertiary/aromatic N) is 4. The molecule has 0 spiro atoms. The standard InChI is InChI=1S/C16H15N5O3/c1-3-20-14-7-5-11(8-13(14)18-19-20)16(22)17-12-6-4-10(2)15(9-12)21(23)24/h4-9H,3H2,1-2H3,(H,17,22). The summed E-state index contributed by atoms with van der Waals surface area (Å²) in [7, 11) is 0. The summed E-state index contributed by atoms with van der Waals surface area (Å²) in [5, 5.41) is 21.7. The van der Waals surface area contributed by atoms with Crippen molar-refractivity contribution >= 4 is 28.3 Å². The molecule has 3 aromatic rings. The molecular formula is C16H15N5O3. The maximum atomic E-state index is 12.4. The van der Waals surface area contributed by atoms with Crippen LogP contribution < -0.4 is 5.32 Å². The molecule has 3 rings (SSSR count). The van der Waals surface area contributed by atoms with Gasteiger partial charge in [-0.1, -0.05) is 11.3 Å². The molecular weight excluding hydrogens is 310 g/mol. The van der Waals surface area contributed by atoms with Crippen LogP contribution in [-0.4, -0.2) is 25.8 Å². The third kappa shape index (κ3) is 2.81. The highest BCUT2D eigenvalue weighted by molar-refractivity contribution is 6.06. The van der Waals surface area contributed by atoms with Crippen LogP contribution >= 0.6 is 0 Å². The molecule has 0 unspecified atom stereocenters. The minimum Gasteiger partial charge on any atom is -0.322 e. The van der Waals surface area contributed by atoms with Gasteiger partial charge in [0.1, 0.15) is 5.52 Å². The van der Waals surface area contributed by atoms with Crippen molar-refractivity contribution in [1.29, 1.82) is 0 Å². The Labute approximate surface area is 137 Å². The Kier molecular flexibility index (Phi) is 3.95. The molecule has 8 nitrogen and oxygen atoms in total. The number of nitrogens with one attached hydrogen (secondary N) is 1. The second-order valence-corrected chi connectivity index (χ2v) is 5.32. The number of benzene rings is 2. The molecule has 8 heteroatoms. The third-order valence-electron chi connectivity index (χ3n) is 3.74. The number of aryl methyl sites for hydroxylation is 2. The topological polar surface area (TPSA) is 103 Å². The summed E-state index contributed by atoms with van der Waals surface area (Å²) in [6.45, 7) is 4.29. The second kappa shape index (κ2) is 6.07. The highest BCUT2D eigenvalue weighted by atomic mass is 16.6. The number of carbonyl (C=O) groups is 1. The Bertz CT molecular complexity index is 948. The fourth-order valence-corrected chi connectivity index (χ4v) is 2.43. The van der Waals surface area contributed by atoms with Crippen LogP contribution in [0.2, 0.25) is 0 Å². The second-order valence-electron chi connectivity index (χ2n) is 5.32. The van der Waals surface area contributed by atoms with Gasteiger partial charge in [-0.15, -0.1) is 5.10 Å². The molecule has 2 aromatic carbocycles. The van der Waals surface area contributed by atoms with Crippen LogP contribution in [0.4, 0.5) is 11.4 Å². The van der Waals surface area contributed by atoms with Crippen molar-refractivity contribution in [2.24, 2.45) is 0 Å². The highest BCUT2D eigenvalue weighted by Crippen LogP contribution is 2.23.